The van der Waals surface area contributed by atoms with Crippen LogP contribution < -0.4 is 4.72 Å². The van der Waals surface area contributed by atoms with E-state index in [1.165, 1.54) is 19.2 Å². The summed E-state index contributed by atoms with van der Waals surface area (Å²) in [6, 6.07) is 4.43. The zero-order valence-electron chi connectivity index (χ0n) is 10.1. The molecule has 0 saturated heterocycles. The number of esters is 1. The molecule has 0 bridgehead atoms. The van der Waals surface area contributed by atoms with Crippen molar-refractivity contribution in [2.75, 3.05) is 17.6 Å². The zero-order valence-corrected chi connectivity index (χ0v) is 11.0. The Bertz CT molecular complexity index is 538. The first-order valence-electron chi connectivity index (χ1n) is 5.21. The zero-order chi connectivity index (χ0) is 13.8. The number of aromatic hydroxyl groups is 1. The molecule has 100 valence electrons. The van der Waals surface area contributed by atoms with E-state index in [1.54, 1.807) is 13.0 Å². The van der Waals surface area contributed by atoms with Crippen LogP contribution in [0.2, 0.25) is 0 Å². The molecular formula is C11H15NO5S. The van der Waals surface area contributed by atoms with Crippen molar-refractivity contribution in [1.29, 1.82) is 0 Å². The summed E-state index contributed by atoms with van der Waals surface area (Å²) in [5, 5.41) is 9.44. The van der Waals surface area contributed by atoms with Crippen LogP contribution >= 0.6 is 0 Å². The van der Waals surface area contributed by atoms with Crippen molar-refractivity contribution in [2.45, 2.75) is 13.3 Å². The van der Waals surface area contributed by atoms with Crippen LogP contribution in [0.4, 0.5) is 5.69 Å². The number of ether oxygens (including phenoxy) is 1. The summed E-state index contributed by atoms with van der Waals surface area (Å²) in [5.74, 6) is -0.954. The third-order valence-electron chi connectivity index (χ3n) is 2.29. The van der Waals surface area contributed by atoms with Crippen LogP contribution in [-0.2, 0) is 19.6 Å². The van der Waals surface area contributed by atoms with Gasteiger partial charge >= 0.3 is 5.97 Å². The van der Waals surface area contributed by atoms with Gasteiger partial charge in [0, 0.05) is 6.07 Å². The Balaban J connectivity index is 2.70. The molecule has 1 aromatic carbocycles. The number of nitrogens with one attached hydrogen (secondary N) is 1. The van der Waals surface area contributed by atoms with Crippen molar-refractivity contribution in [3.05, 3.63) is 23.8 Å². The summed E-state index contributed by atoms with van der Waals surface area (Å²) in [6.07, 6.45) is -0.219. The number of anilines is 1. The standard InChI is InChI=1S/C11H15NO5S/c1-8-3-4-9(7-10(8)13)12-18(15,16)6-5-11(14)17-2/h3-4,7,12-13H,5-6H2,1-2H3. The maximum atomic E-state index is 11.6. The summed E-state index contributed by atoms with van der Waals surface area (Å²) in [6.45, 7) is 1.70. The second-order valence-electron chi connectivity index (χ2n) is 3.75. The molecule has 0 unspecified atom stereocenters. The van der Waals surface area contributed by atoms with E-state index in [4.69, 9.17) is 0 Å². The van der Waals surface area contributed by atoms with Gasteiger partial charge in [0.25, 0.3) is 0 Å². The van der Waals surface area contributed by atoms with Gasteiger partial charge in [-0.25, -0.2) is 8.42 Å². The summed E-state index contributed by atoms with van der Waals surface area (Å²) in [4.78, 5) is 10.9. The van der Waals surface area contributed by atoms with Crippen molar-refractivity contribution in [1.82, 2.24) is 0 Å². The van der Waals surface area contributed by atoms with Crippen molar-refractivity contribution in [2.24, 2.45) is 0 Å². The number of phenolic OH excluding ortho intramolecular Hbond substituents is 1. The van der Waals surface area contributed by atoms with E-state index < -0.39 is 16.0 Å². The first-order chi connectivity index (χ1) is 8.34. The molecular weight excluding hydrogens is 258 g/mol. The van der Waals surface area contributed by atoms with Crippen molar-refractivity contribution >= 4 is 21.7 Å². The van der Waals surface area contributed by atoms with Gasteiger partial charge in [-0.1, -0.05) is 6.07 Å². The number of carbonyl (C=O) groups is 1. The number of aryl methyl sites for hydroxylation is 1. The first-order valence-corrected chi connectivity index (χ1v) is 6.86. The SMILES string of the molecule is COC(=O)CCS(=O)(=O)Nc1ccc(C)c(O)c1. The fraction of sp³-hybridized carbons (Fsp3) is 0.364. The van der Waals surface area contributed by atoms with Crippen molar-refractivity contribution in [3.63, 3.8) is 0 Å². The summed E-state index contributed by atoms with van der Waals surface area (Å²) >= 11 is 0. The molecule has 18 heavy (non-hydrogen) atoms. The lowest BCUT2D eigenvalue weighted by molar-refractivity contribution is -0.140. The van der Waals surface area contributed by atoms with Crippen molar-refractivity contribution in [3.8, 4) is 5.75 Å². The molecule has 6 nitrogen and oxygen atoms in total. The molecule has 0 radical (unpaired) electrons. The van der Waals surface area contributed by atoms with Gasteiger partial charge in [-0.2, -0.15) is 0 Å². The molecule has 1 rings (SSSR count). The monoisotopic (exact) mass is 273 g/mol. The highest BCUT2D eigenvalue weighted by molar-refractivity contribution is 7.92. The van der Waals surface area contributed by atoms with E-state index in [-0.39, 0.29) is 23.6 Å². The molecule has 0 aliphatic heterocycles. The lowest BCUT2D eigenvalue weighted by atomic mass is 10.2. The van der Waals surface area contributed by atoms with Gasteiger partial charge < -0.3 is 9.84 Å². The smallest absolute Gasteiger partial charge is 0.306 e. The number of hydrogen-bond acceptors (Lipinski definition) is 5. The van der Waals surface area contributed by atoms with E-state index in [0.29, 0.717) is 5.56 Å². The van der Waals surface area contributed by atoms with Crippen LogP contribution in [0.1, 0.15) is 12.0 Å². The second kappa shape index (κ2) is 5.72. The molecule has 0 fully saturated rings. The van der Waals surface area contributed by atoms with Crippen molar-refractivity contribution < 1.29 is 23.1 Å². The maximum Gasteiger partial charge on any atom is 0.306 e. The molecule has 1 aromatic rings. The molecule has 0 atom stereocenters. The lowest BCUT2D eigenvalue weighted by Crippen LogP contribution is -2.19. The Morgan fingerprint density at radius 2 is 2.11 bits per heavy atom. The Morgan fingerprint density at radius 1 is 1.44 bits per heavy atom. The van der Waals surface area contributed by atoms with Gasteiger partial charge in [0.1, 0.15) is 5.75 Å². The number of carbonyl (C=O) groups excluding carboxylic acids is 1. The Labute approximate surface area is 106 Å². The average molecular weight is 273 g/mol. The largest absolute Gasteiger partial charge is 0.508 e. The molecule has 0 amide bonds. The van der Waals surface area contributed by atoms with Crippen LogP contribution in [0, 0.1) is 6.92 Å². The van der Waals surface area contributed by atoms with Crippen LogP contribution in [0.15, 0.2) is 18.2 Å². The Kier molecular flexibility index (Phi) is 4.55. The van der Waals surface area contributed by atoms with E-state index in [2.05, 4.69) is 9.46 Å². The minimum absolute atomic E-state index is 0.00293. The van der Waals surface area contributed by atoms with Crippen LogP contribution in [0.5, 0.6) is 5.75 Å². The molecule has 0 aliphatic carbocycles. The molecule has 0 spiro atoms. The number of rotatable bonds is 5. The molecule has 0 aliphatic rings. The van der Waals surface area contributed by atoms with Gasteiger partial charge in [-0.15, -0.1) is 0 Å². The predicted molar refractivity (Wildman–Crippen MR) is 66.9 cm³/mol. The van der Waals surface area contributed by atoms with Crippen LogP contribution in [0.3, 0.4) is 0 Å². The molecule has 0 heterocycles. The first kappa shape index (κ1) is 14.3. The summed E-state index contributed by atoms with van der Waals surface area (Å²) < 4.78 is 29.9. The normalized spacial score (nSPS) is 11.0. The highest BCUT2D eigenvalue weighted by Crippen LogP contribution is 2.21. The van der Waals surface area contributed by atoms with E-state index in [0.717, 1.165) is 0 Å². The lowest BCUT2D eigenvalue weighted by Gasteiger charge is -2.08. The number of sulfonamides is 1. The molecule has 7 heteroatoms. The Hall–Kier alpha value is -1.76. The fourth-order valence-corrected chi connectivity index (χ4v) is 2.25. The molecule has 0 saturated carbocycles. The highest BCUT2D eigenvalue weighted by Gasteiger charge is 2.14. The van der Waals surface area contributed by atoms with E-state index in [1.807, 2.05) is 0 Å². The number of phenols is 1. The van der Waals surface area contributed by atoms with Gasteiger partial charge in [-0.05, 0) is 18.6 Å². The predicted octanol–water partition coefficient (Wildman–Crippen LogP) is 1.01. The minimum Gasteiger partial charge on any atom is -0.508 e. The quantitative estimate of drug-likeness (QED) is 0.781. The van der Waals surface area contributed by atoms with Gasteiger partial charge in [0.15, 0.2) is 0 Å². The average Bonchev–Trinajstić information content (AvgIpc) is 2.30. The van der Waals surface area contributed by atoms with Gasteiger partial charge in [-0.3, -0.25) is 9.52 Å². The van der Waals surface area contributed by atoms with E-state index >= 15 is 0 Å². The Morgan fingerprint density at radius 3 is 2.67 bits per heavy atom. The number of methoxy groups -OCH3 is 1. The van der Waals surface area contributed by atoms with E-state index in [9.17, 15) is 18.3 Å². The molecule has 0 aromatic heterocycles. The third-order valence-corrected chi connectivity index (χ3v) is 3.57. The second-order valence-corrected chi connectivity index (χ2v) is 5.59. The minimum atomic E-state index is -3.63. The number of benzene rings is 1. The number of hydrogen-bond donors (Lipinski definition) is 2. The maximum absolute atomic E-state index is 11.6. The van der Waals surface area contributed by atoms with Gasteiger partial charge in [0.2, 0.25) is 10.0 Å². The third kappa shape index (κ3) is 4.25. The fourth-order valence-electron chi connectivity index (χ4n) is 1.22. The van der Waals surface area contributed by atoms with Crippen LogP contribution in [-0.4, -0.2) is 32.4 Å². The summed E-state index contributed by atoms with van der Waals surface area (Å²) in [5.41, 5.74) is 0.899. The topological polar surface area (TPSA) is 92.7 Å². The highest BCUT2D eigenvalue weighted by atomic mass is 32.2. The summed E-state index contributed by atoms with van der Waals surface area (Å²) in [7, 11) is -2.44. The molecule has 2 N–H and O–H groups in total. The van der Waals surface area contributed by atoms with Gasteiger partial charge in [0.05, 0.1) is 25.0 Å². The van der Waals surface area contributed by atoms with Crippen LogP contribution in [0.25, 0.3) is 0 Å².